The van der Waals surface area contributed by atoms with Gasteiger partial charge in [0.05, 0.1) is 12.1 Å². The Labute approximate surface area is 132 Å². The Morgan fingerprint density at radius 1 is 1.45 bits per heavy atom. The molecule has 0 aromatic rings. The Morgan fingerprint density at radius 2 is 2.20 bits per heavy atom. The van der Waals surface area contributed by atoms with Gasteiger partial charge in [0.1, 0.15) is 0 Å². The minimum absolute atomic E-state index is 0. The Kier molecular flexibility index (Phi) is 8.93. The number of rotatable bonds is 7. The number of amides is 1. The van der Waals surface area contributed by atoms with Crippen LogP contribution in [-0.2, 0) is 9.53 Å². The first-order valence-electron chi connectivity index (χ1n) is 7.51. The summed E-state index contributed by atoms with van der Waals surface area (Å²) in [6, 6.07) is 0.00187. The van der Waals surface area contributed by atoms with Gasteiger partial charge in [-0.25, -0.2) is 0 Å². The molecule has 0 radical (unpaired) electrons. The number of hydrogen-bond donors (Lipinski definition) is 2. The molecule has 6 heteroatoms. The normalized spacial score (nSPS) is 24.4. The first-order valence-corrected chi connectivity index (χ1v) is 8.67. The lowest BCUT2D eigenvalue weighted by atomic mass is 9.98. The SMILES string of the molecule is CCOC(CCNC(=O)C1CSCN1)C1CCCC1.Cl. The van der Waals surface area contributed by atoms with Crippen molar-refractivity contribution in [2.24, 2.45) is 5.92 Å². The van der Waals surface area contributed by atoms with Crippen molar-refractivity contribution in [3.05, 3.63) is 0 Å². The number of carbonyl (C=O) groups excluding carboxylic acids is 1. The number of halogens is 1. The van der Waals surface area contributed by atoms with E-state index >= 15 is 0 Å². The number of ether oxygens (including phenoxy) is 1. The Bertz CT molecular complexity index is 282. The molecule has 2 rings (SSSR count). The van der Waals surface area contributed by atoms with Crippen LogP contribution in [0.3, 0.4) is 0 Å². The lowest BCUT2D eigenvalue weighted by Crippen LogP contribution is -2.43. The van der Waals surface area contributed by atoms with E-state index in [0.717, 1.165) is 31.2 Å². The predicted octanol–water partition coefficient (Wildman–Crippen LogP) is 2.17. The van der Waals surface area contributed by atoms with E-state index in [1.165, 1.54) is 25.7 Å². The van der Waals surface area contributed by atoms with Crippen LogP contribution >= 0.6 is 24.2 Å². The van der Waals surface area contributed by atoms with Crippen molar-refractivity contribution in [3.8, 4) is 0 Å². The fraction of sp³-hybridized carbons (Fsp3) is 0.929. The summed E-state index contributed by atoms with van der Waals surface area (Å²) < 4.78 is 5.86. The van der Waals surface area contributed by atoms with E-state index in [0.29, 0.717) is 12.0 Å². The summed E-state index contributed by atoms with van der Waals surface area (Å²) in [7, 11) is 0. The molecule has 1 heterocycles. The molecule has 4 nitrogen and oxygen atoms in total. The van der Waals surface area contributed by atoms with Crippen LogP contribution in [0.1, 0.15) is 39.0 Å². The summed E-state index contributed by atoms with van der Waals surface area (Å²) in [5.74, 6) is 2.63. The van der Waals surface area contributed by atoms with Crippen molar-refractivity contribution in [2.45, 2.75) is 51.2 Å². The molecule has 2 unspecified atom stereocenters. The monoisotopic (exact) mass is 322 g/mol. The summed E-state index contributed by atoms with van der Waals surface area (Å²) in [5, 5.41) is 6.24. The predicted molar refractivity (Wildman–Crippen MR) is 86.5 cm³/mol. The molecule has 1 saturated carbocycles. The van der Waals surface area contributed by atoms with E-state index < -0.39 is 0 Å². The Hall–Kier alpha value is 0.0300. The molecule has 0 bridgehead atoms. The molecule has 0 spiro atoms. The van der Waals surface area contributed by atoms with Gasteiger partial charge in [0.2, 0.25) is 5.91 Å². The quantitative estimate of drug-likeness (QED) is 0.754. The van der Waals surface area contributed by atoms with Gasteiger partial charge < -0.3 is 10.1 Å². The molecule has 1 aliphatic carbocycles. The van der Waals surface area contributed by atoms with Gasteiger partial charge in [-0.3, -0.25) is 10.1 Å². The van der Waals surface area contributed by atoms with Crippen molar-refractivity contribution in [3.63, 3.8) is 0 Å². The van der Waals surface area contributed by atoms with Crippen molar-refractivity contribution in [2.75, 3.05) is 24.8 Å². The maximum absolute atomic E-state index is 11.9. The van der Waals surface area contributed by atoms with Crippen LogP contribution in [0.2, 0.25) is 0 Å². The summed E-state index contributed by atoms with van der Waals surface area (Å²) in [6.45, 7) is 3.57. The zero-order valence-corrected chi connectivity index (χ0v) is 13.9. The highest BCUT2D eigenvalue weighted by Gasteiger charge is 2.26. The number of carbonyl (C=O) groups is 1. The third kappa shape index (κ3) is 5.43. The molecule has 0 aromatic carbocycles. The van der Waals surface area contributed by atoms with Gasteiger partial charge in [0.15, 0.2) is 0 Å². The van der Waals surface area contributed by atoms with Crippen LogP contribution in [-0.4, -0.2) is 42.8 Å². The summed E-state index contributed by atoms with van der Waals surface area (Å²) >= 11 is 1.78. The van der Waals surface area contributed by atoms with Gasteiger partial charge in [-0.05, 0) is 32.1 Å². The first-order chi connectivity index (χ1) is 9.31. The number of nitrogens with one attached hydrogen (secondary N) is 2. The molecular formula is C14H27ClN2O2S. The highest BCUT2D eigenvalue weighted by atomic mass is 35.5. The van der Waals surface area contributed by atoms with Crippen LogP contribution in [0, 0.1) is 5.92 Å². The van der Waals surface area contributed by atoms with Crippen LogP contribution in [0.5, 0.6) is 0 Å². The molecule has 1 saturated heterocycles. The van der Waals surface area contributed by atoms with Gasteiger partial charge >= 0.3 is 0 Å². The highest BCUT2D eigenvalue weighted by molar-refractivity contribution is 7.99. The van der Waals surface area contributed by atoms with E-state index in [1.54, 1.807) is 11.8 Å². The second kappa shape index (κ2) is 9.87. The molecule has 1 aliphatic heterocycles. The van der Waals surface area contributed by atoms with E-state index in [1.807, 2.05) is 0 Å². The van der Waals surface area contributed by atoms with E-state index in [2.05, 4.69) is 17.6 Å². The summed E-state index contributed by atoms with van der Waals surface area (Å²) in [4.78, 5) is 11.9. The molecule has 2 N–H and O–H groups in total. The minimum Gasteiger partial charge on any atom is -0.378 e. The van der Waals surface area contributed by atoms with Crippen molar-refractivity contribution < 1.29 is 9.53 Å². The van der Waals surface area contributed by atoms with Gasteiger partial charge in [0, 0.05) is 24.8 Å². The molecule has 2 aliphatic rings. The average molecular weight is 323 g/mol. The topological polar surface area (TPSA) is 50.4 Å². The molecule has 1 amide bonds. The van der Waals surface area contributed by atoms with E-state index in [4.69, 9.17) is 4.74 Å². The largest absolute Gasteiger partial charge is 0.378 e. The maximum Gasteiger partial charge on any atom is 0.238 e. The van der Waals surface area contributed by atoms with Crippen LogP contribution in [0.25, 0.3) is 0 Å². The van der Waals surface area contributed by atoms with Crippen LogP contribution < -0.4 is 10.6 Å². The molecule has 0 aromatic heterocycles. The zero-order chi connectivity index (χ0) is 13.5. The molecule has 20 heavy (non-hydrogen) atoms. The van der Waals surface area contributed by atoms with Crippen molar-refractivity contribution in [1.82, 2.24) is 10.6 Å². The molecule has 2 atom stereocenters. The summed E-state index contributed by atoms with van der Waals surface area (Å²) in [5.41, 5.74) is 0. The van der Waals surface area contributed by atoms with Crippen molar-refractivity contribution >= 4 is 30.1 Å². The Balaban J connectivity index is 0.00000200. The fourth-order valence-electron chi connectivity index (χ4n) is 3.02. The highest BCUT2D eigenvalue weighted by Crippen LogP contribution is 2.30. The van der Waals surface area contributed by atoms with Crippen molar-refractivity contribution in [1.29, 1.82) is 0 Å². The number of thioether (sulfide) groups is 1. The van der Waals surface area contributed by atoms with Gasteiger partial charge in [-0.15, -0.1) is 24.2 Å². The standard InChI is InChI=1S/C14H26N2O2S.ClH/c1-2-18-13(11-5-3-4-6-11)7-8-15-14(17)12-9-19-10-16-12;/h11-13,16H,2-10H2,1H3,(H,15,17);1H. The fourth-order valence-corrected chi connectivity index (χ4v) is 3.96. The average Bonchev–Trinajstić information content (AvgIpc) is 3.10. The van der Waals surface area contributed by atoms with Crippen LogP contribution in [0.4, 0.5) is 0 Å². The lowest BCUT2D eigenvalue weighted by molar-refractivity contribution is -0.122. The zero-order valence-electron chi connectivity index (χ0n) is 12.2. The smallest absolute Gasteiger partial charge is 0.238 e. The molecule has 118 valence electrons. The van der Waals surface area contributed by atoms with Gasteiger partial charge in [-0.1, -0.05) is 12.8 Å². The summed E-state index contributed by atoms with van der Waals surface area (Å²) in [6.07, 6.45) is 6.54. The lowest BCUT2D eigenvalue weighted by Gasteiger charge is -2.23. The van der Waals surface area contributed by atoms with E-state index in [9.17, 15) is 4.79 Å². The van der Waals surface area contributed by atoms with Gasteiger partial charge in [-0.2, -0.15) is 0 Å². The third-order valence-electron chi connectivity index (χ3n) is 4.07. The second-order valence-corrected chi connectivity index (χ2v) is 6.42. The van der Waals surface area contributed by atoms with Gasteiger partial charge in [0.25, 0.3) is 0 Å². The molecular weight excluding hydrogens is 296 g/mol. The second-order valence-electron chi connectivity index (χ2n) is 5.39. The number of hydrogen-bond acceptors (Lipinski definition) is 4. The first kappa shape index (κ1) is 18.1. The van der Waals surface area contributed by atoms with Crippen LogP contribution in [0.15, 0.2) is 0 Å². The molecule has 2 fully saturated rings. The van der Waals surface area contributed by atoms with E-state index in [-0.39, 0.29) is 24.4 Å². The maximum atomic E-state index is 11.9. The third-order valence-corrected chi connectivity index (χ3v) is 5.01. The Morgan fingerprint density at radius 3 is 2.80 bits per heavy atom. The minimum atomic E-state index is 0.